The van der Waals surface area contributed by atoms with Crippen LogP contribution < -0.4 is 75.7 Å². The van der Waals surface area contributed by atoms with Gasteiger partial charge in [-0.05, 0) is 75.5 Å². The van der Waals surface area contributed by atoms with E-state index in [1.54, 1.807) is 43.5 Å². The number of rotatable bonds is 20. The molecule has 20 N–H and O–H groups in total. The molecule has 2 aromatic carbocycles. The van der Waals surface area contributed by atoms with Gasteiger partial charge in [0.2, 0.25) is 59.1 Å². The lowest BCUT2D eigenvalue weighted by Gasteiger charge is -2.28. The van der Waals surface area contributed by atoms with Crippen molar-refractivity contribution in [1.82, 2.24) is 63.5 Å². The van der Waals surface area contributed by atoms with Crippen molar-refractivity contribution in [1.29, 1.82) is 10.8 Å². The maximum absolute atomic E-state index is 14.7. The Morgan fingerprint density at radius 1 is 0.692 bits per heavy atom. The van der Waals surface area contributed by atoms with Gasteiger partial charge in [0.15, 0.2) is 11.9 Å². The van der Waals surface area contributed by atoms with E-state index in [2.05, 4.69) is 63.5 Å². The van der Waals surface area contributed by atoms with Crippen LogP contribution in [0.25, 0.3) is 10.9 Å². The smallest absolute Gasteiger partial charge is 0.243 e. The first-order valence-corrected chi connectivity index (χ1v) is 25.9. The summed E-state index contributed by atoms with van der Waals surface area (Å²) in [6, 6.07) is 6.09. The molecule has 0 unspecified atom stereocenters. The van der Waals surface area contributed by atoms with E-state index in [0.717, 1.165) is 10.9 Å². The van der Waals surface area contributed by atoms with Crippen LogP contribution in [0.1, 0.15) is 89.2 Å². The van der Waals surface area contributed by atoms with Crippen molar-refractivity contribution in [3.8, 4) is 0 Å². The second-order valence-corrected chi connectivity index (χ2v) is 18.8. The highest BCUT2D eigenvalue weighted by molar-refractivity contribution is 5.98. The lowest BCUT2D eigenvalue weighted by atomic mass is 10.0. The van der Waals surface area contributed by atoms with E-state index >= 15 is 0 Å². The third-order valence-corrected chi connectivity index (χ3v) is 12.5. The van der Waals surface area contributed by atoms with Gasteiger partial charge in [0.1, 0.15) is 42.3 Å². The van der Waals surface area contributed by atoms with E-state index in [9.17, 15) is 47.9 Å². The molecule has 1 fully saturated rings. The number of H-pyrrole nitrogens is 1. The molecule has 3 aromatic rings. The maximum Gasteiger partial charge on any atom is 0.243 e. The van der Waals surface area contributed by atoms with Crippen LogP contribution in [0.15, 0.2) is 60.8 Å². The van der Waals surface area contributed by atoms with Gasteiger partial charge in [-0.1, -0.05) is 48.5 Å². The number of hydrogen-bond donors (Lipinski definition) is 17. The second kappa shape index (κ2) is 32.0. The normalized spacial score (nSPS) is 20.6. The fourth-order valence-electron chi connectivity index (χ4n) is 8.55. The van der Waals surface area contributed by atoms with Crippen molar-refractivity contribution in [2.75, 3.05) is 26.2 Å². The first-order valence-electron chi connectivity index (χ1n) is 25.9. The minimum atomic E-state index is -1.59. The van der Waals surface area contributed by atoms with Crippen LogP contribution >= 0.6 is 0 Å². The van der Waals surface area contributed by atoms with Gasteiger partial charge in [-0.3, -0.25) is 58.8 Å². The van der Waals surface area contributed by atoms with Gasteiger partial charge in [-0.2, -0.15) is 0 Å². The summed E-state index contributed by atoms with van der Waals surface area (Å²) in [5.74, 6) is -8.44. The summed E-state index contributed by atoms with van der Waals surface area (Å²) >= 11 is 0. The number of benzene rings is 2. The molecule has 1 aromatic heterocycles. The van der Waals surface area contributed by atoms with Crippen LogP contribution in [0.2, 0.25) is 0 Å². The third kappa shape index (κ3) is 21.5. The van der Waals surface area contributed by atoms with E-state index in [-0.39, 0.29) is 102 Å². The fraction of sp³-hybridized carbons (Fsp3) is 0.490. The average molecular weight is 1090 g/mol. The van der Waals surface area contributed by atoms with Gasteiger partial charge in [0.25, 0.3) is 0 Å². The molecule has 1 aliphatic heterocycles. The minimum Gasteiger partial charge on any atom is -0.370 e. The number of para-hydroxylation sites is 1. The number of aromatic nitrogens is 1. The Morgan fingerprint density at radius 2 is 1.28 bits per heavy atom. The Hall–Kier alpha value is -8.78. The Balaban J connectivity index is 1.80. The molecule has 27 nitrogen and oxygen atoms in total. The Labute approximate surface area is 451 Å². The molecule has 78 heavy (non-hydrogen) atoms. The summed E-state index contributed by atoms with van der Waals surface area (Å²) in [5.41, 5.74) is 18.4. The molecule has 0 aliphatic carbocycles. The van der Waals surface area contributed by atoms with Crippen LogP contribution in [-0.4, -0.2) is 144 Å². The quantitative estimate of drug-likeness (QED) is 0.0305. The summed E-state index contributed by atoms with van der Waals surface area (Å²) < 4.78 is 0. The predicted octanol–water partition coefficient (Wildman–Crippen LogP) is -3.02. The summed E-state index contributed by atoms with van der Waals surface area (Å²) in [4.78, 5) is 141. The van der Waals surface area contributed by atoms with Gasteiger partial charge in [0.05, 0.1) is 0 Å². The summed E-state index contributed by atoms with van der Waals surface area (Å²) in [6.07, 6.45) is 0.389. The SMILES string of the molecule is CCNC(=O)[C@@H]1CCCNC(=O)CC[C@H](NC(=O)[C@H](CCCNC(=N)N)NC(C)=O)C(=O)N[C@@H](CCC(N)=O)C(=O)N[C@H](Cc2ccccc2)C(=O)N[C@@H](CCCNC(=N)N)C(=O)N[C@@H](Cc2c[nH]c3ccccc23)C(=O)N1. The number of hydrogen-bond acceptors (Lipinski definition) is 12. The summed E-state index contributed by atoms with van der Waals surface area (Å²) in [7, 11) is 0. The molecular formula is C51H75N17O10. The largest absolute Gasteiger partial charge is 0.370 e. The Kier molecular flexibility index (Phi) is 25.3. The summed E-state index contributed by atoms with van der Waals surface area (Å²) in [6.45, 7) is 3.34. The minimum absolute atomic E-state index is 0.0114. The predicted molar refractivity (Wildman–Crippen MR) is 288 cm³/mol. The molecule has 0 saturated carbocycles. The highest BCUT2D eigenvalue weighted by Gasteiger charge is 2.35. The number of fused-ring (bicyclic) bond motifs is 1. The van der Waals surface area contributed by atoms with Crippen LogP contribution in [0.4, 0.5) is 0 Å². The van der Waals surface area contributed by atoms with Crippen molar-refractivity contribution in [3.05, 3.63) is 71.9 Å². The average Bonchev–Trinajstić information content (AvgIpc) is 3.80. The molecule has 4 rings (SSSR count). The van der Waals surface area contributed by atoms with Crippen LogP contribution in [0.3, 0.4) is 0 Å². The monoisotopic (exact) mass is 1090 g/mol. The van der Waals surface area contributed by atoms with E-state index in [1.807, 2.05) is 24.3 Å². The first kappa shape index (κ1) is 61.8. The molecule has 27 heteroatoms. The molecule has 10 amide bonds. The number of carbonyl (C=O) groups is 10. The van der Waals surface area contributed by atoms with E-state index < -0.39 is 114 Å². The Bertz CT molecular complexity index is 2590. The van der Waals surface area contributed by atoms with E-state index in [1.165, 1.54) is 6.92 Å². The highest BCUT2D eigenvalue weighted by atomic mass is 16.2. The number of likely N-dealkylation sites (N-methyl/N-ethyl adjacent to an activating group) is 1. The molecule has 1 aliphatic rings. The van der Waals surface area contributed by atoms with Crippen molar-refractivity contribution < 1.29 is 47.9 Å². The zero-order valence-corrected chi connectivity index (χ0v) is 43.9. The van der Waals surface area contributed by atoms with Gasteiger partial charge in [-0.15, -0.1) is 0 Å². The van der Waals surface area contributed by atoms with E-state index in [4.69, 9.17) is 28.0 Å². The number of nitrogens with one attached hydrogen (secondary N) is 14. The molecule has 1 saturated heterocycles. The van der Waals surface area contributed by atoms with Crippen molar-refractivity contribution in [2.45, 2.75) is 133 Å². The van der Waals surface area contributed by atoms with Crippen LogP contribution in [0, 0.1) is 10.8 Å². The van der Waals surface area contributed by atoms with Crippen molar-refractivity contribution in [2.24, 2.45) is 17.2 Å². The topological polar surface area (TPSA) is 445 Å². The molecule has 7 atom stereocenters. The lowest BCUT2D eigenvalue weighted by molar-refractivity contribution is -0.136. The van der Waals surface area contributed by atoms with Crippen LogP contribution in [0.5, 0.6) is 0 Å². The van der Waals surface area contributed by atoms with Gasteiger partial charge >= 0.3 is 0 Å². The molecule has 0 bridgehead atoms. The fourth-order valence-corrected chi connectivity index (χ4v) is 8.55. The summed E-state index contributed by atoms with van der Waals surface area (Å²) in [5, 5.41) is 45.1. The third-order valence-electron chi connectivity index (χ3n) is 12.5. The second-order valence-electron chi connectivity index (χ2n) is 18.8. The molecule has 0 spiro atoms. The Morgan fingerprint density at radius 3 is 1.94 bits per heavy atom. The van der Waals surface area contributed by atoms with Gasteiger partial charge in [-0.25, -0.2) is 0 Å². The molecule has 424 valence electrons. The number of nitrogens with two attached hydrogens (primary N) is 3. The van der Waals surface area contributed by atoms with E-state index in [0.29, 0.717) is 11.1 Å². The molecule has 2 heterocycles. The number of aromatic amines is 1. The molecule has 0 radical (unpaired) electrons. The molecular weight excluding hydrogens is 1010 g/mol. The number of amides is 10. The standard InChI is InChI=1S/C51H75N17O10/c1-3-57-43(72)34-16-9-23-58-42(71)22-20-38(66-44(73)35(62-29(2)69)17-10-24-59-50(53)54)46(75)65-37(19-21-41(52)70)47(76)67-39(26-30-12-5-4-6-13-30)48(77)64-36(18-11-25-60-51(55)56)45(74)68-40(49(78)63-34)27-31-28-61-33-15-8-7-14-32(31)33/h4-8,12-15,28,34-40,61H,3,9-11,16-27H2,1-2H3,(H2,52,70)(H,57,72)(H,58,71)(H,62,69)(H,63,78)(H,64,77)(H,65,75)(H,66,73)(H,67,76)(H,68,74)(H4,53,54,59)(H4,55,56,60)/t34-,35-,36-,37-,38-,39+,40-/m0/s1. The number of guanidine groups is 2. The zero-order valence-electron chi connectivity index (χ0n) is 43.9. The highest BCUT2D eigenvalue weighted by Crippen LogP contribution is 2.20. The van der Waals surface area contributed by atoms with Crippen LogP contribution in [-0.2, 0) is 60.8 Å². The maximum atomic E-state index is 14.7. The van der Waals surface area contributed by atoms with Crippen molar-refractivity contribution >= 4 is 81.9 Å². The lowest BCUT2D eigenvalue weighted by Crippen LogP contribution is -2.60. The van der Waals surface area contributed by atoms with Gasteiger partial charge in [0, 0.05) is 75.9 Å². The first-order chi connectivity index (χ1) is 37.2. The number of primary amides is 1. The van der Waals surface area contributed by atoms with Crippen molar-refractivity contribution in [3.63, 3.8) is 0 Å². The number of carbonyl (C=O) groups excluding carboxylic acids is 10. The zero-order chi connectivity index (χ0) is 57.1. The van der Waals surface area contributed by atoms with Gasteiger partial charge < -0.3 is 80.7 Å².